The number of ether oxygens (including phenoxy) is 2. The zero-order chi connectivity index (χ0) is 17.9. The third-order valence-electron chi connectivity index (χ3n) is 3.40. The number of aliphatic imine (C=N–C) groups is 1. The fourth-order valence-electron chi connectivity index (χ4n) is 2.11. The van der Waals surface area contributed by atoms with Gasteiger partial charge < -0.3 is 20.1 Å². The van der Waals surface area contributed by atoms with Gasteiger partial charge in [0.15, 0.2) is 5.96 Å². The summed E-state index contributed by atoms with van der Waals surface area (Å²) in [6.45, 7) is 4.36. The van der Waals surface area contributed by atoms with Gasteiger partial charge in [-0.2, -0.15) is 0 Å². The molecule has 0 radical (unpaired) electrons. The van der Waals surface area contributed by atoms with Gasteiger partial charge in [0.25, 0.3) is 0 Å². The molecule has 0 saturated heterocycles. The van der Waals surface area contributed by atoms with Crippen molar-refractivity contribution in [2.75, 3.05) is 26.8 Å². The molecule has 142 valence electrons. The molecule has 0 aliphatic heterocycles. The summed E-state index contributed by atoms with van der Waals surface area (Å²) in [6, 6.07) is 13.8. The molecule has 2 N–H and O–H groups in total. The Morgan fingerprint density at radius 3 is 2.27 bits per heavy atom. The molecule has 0 heterocycles. The molecule has 0 unspecified atom stereocenters. The van der Waals surface area contributed by atoms with Crippen molar-refractivity contribution in [2.45, 2.75) is 13.5 Å². The minimum absolute atomic E-state index is 0. The normalized spacial score (nSPS) is 10.7. The molecule has 7 heteroatoms. The van der Waals surface area contributed by atoms with Crippen LogP contribution in [-0.4, -0.2) is 32.8 Å². The quantitative estimate of drug-likeness (QED) is 0.267. The van der Waals surface area contributed by atoms with Crippen LogP contribution in [0.15, 0.2) is 53.5 Å². The summed E-state index contributed by atoms with van der Waals surface area (Å²) >= 11 is 0. The minimum Gasteiger partial charge on any atom is -0.497 e. The van der Waals surface area contributed by atoms with Crippen LogP contribution in [0.1, 0.15) is 12.5 Å². The number of guanidine groups is 1. The van der Waals surface area contributed by atoms with E-state index in [9.17, 15) is 4.39 Å². The van der Waals surface area contributed by atoms with E-state index in [1.807, 2.05) is 31.2 Å². The third kappa shape index (κ3) is 7.90. The van der Waals surface area contributed by atoms with Crippen LogP contribution in [0.3, 0.4) is 0 Å². The summed E-state index contributed by atoms with van der Waals surface area (Å²) in [5, 5.41) is 6.38. The zero-order valence-corrected chi connectivity index (χ0v) is 17.3. The van der Waals surface area contributed by atoms with Crippen molar-refractivity contribution in [1.29, 1.82) is 0 Å². The molecule has 0 aromatic heterocycles. The van der Waals surface area contributed by atoms with E-state index < -0.39 is 0 Å². The summed E-state index contributed by atoms with van der Waals surface area (Å²) < 4.78 is 23.7. The first-order valence-corrected chi connectivity index (χ1v) is 8.24. The summed E-state index contributed by atoms with van der Waals surface area (Å²) in [5.41, 5.74) is 0.952. The van der Waals surface area contributed by atoms with Crippen LogP contribution in [0.5, 0.6) is 11.5 Å². The average Bonchev–Trinajstić information content (AvgIpc) is 2.65. The molecular formula is C19H25FIN3O2. The van der Waals surface area contributed by atoms with Crippen molar-refractivity contribution >= 4 is 29.9 Å². The maximum absolute atomic E-state index is 12.9. The molecule has 0 spiro atoms. The lowest BCUT2D eigenvalue weighted by Crippen LogP contribution is -2.39. The van der Waals surface area contributed by atoms with Crippen molar-refractivity contribution in [3.63, 3.8) is 0 Å². The van der Waals surface area contributed by atoms with Gasteiger partial charge in [-0.15, -0.1) is 24.0 Å². The molecule has 0 amide bonds. The predicted molar refractivity (Wildman–Crippen MR) is 113 cm³/mol. The van der Waals surface area contributed by atoms with Gasteiger partial charge in [-0.1, -0.05) is 12.1 Å². The Morgan fingerprint density at radius 2 is 1.65 bits per heavy atom. The van der Waals surface area contributed by atoms with Crippen LogP contribution in [0.25, 0.3) is 0 Å². The Kier molecular flexibility index (Phi) is 10.5. The van der Waals surface area contributed by atoms with Gasteiger partial charge in [0.2, 0.25) is 0 Å². The SMILES string of the molecule is CCNC(=NCc1ccc(F)cc1)NCCOc1ccc(OC)cc1.I. The minimum atomic E-state index is -0.242. The number of benzene rings is 2. The highest BCUT2D eigenvalue weighted by Gasteiger charge is 1.99. The van der Waals surface area contributed by atoms with Crippen LogP contribution in [0.4, 0.5) is 4.39 Å². The molecule has 0 saturated carbocycles. The van der Waals surface area contributed by atoms with Crippen molar-refractivity contribution in [3.05, 3.63) is 59.9 Å². The highest BCUT2D eigenvalue weighted by molar-refractivity contribution is 14.0. The van der Waals surface area contributed by atoms with Crippen LogP contribution in [0.2, 0.25) is 0 Å². The lowest BCUT2D eigenvalue weighted by molar-refractivity contribution is 0.321. The fraction of sp³-hybridized carbons (Fsp3) is 0.316. The first-order chi connectivity index (χ1) is 12.2. The second kappa shape index (κ2) is 12.3. The van der Waals surface area contributed by atoms with Crippen LogP contribution < -0.4 is 20.1 Å². The largest absolute Gasteiger partial charge is 0.497 e. The van der Waals surface area contributed by atoms with E-state index in [1.54, 1.807) is 19.2 Å². The molecule has 26 heavy (non-hydrogen) atoms. The highest BCUT2D eigenvalue weighted by atomic mass is 127. The summed E-state index contributed by atoms with van der Waals surface area (Å²) in [5.74, 6) is 2.04. The predicted octanol–water partition coefficient (Wildman–Crippen LogP) is 3.59. The van der Waals surface area contributed by atoms with Gasteiger partial charge in [0, 0.05) is 6.54 Å². The Morgan fingerprint density at radius 1 is 1.00 bits per heavy atom. The summed E-state index contributed by atoms with van der Waals surface area (Å²) in [7, 11) is 1.63. The van der Waals surface area contributed by atoms with Crippen LogP contribution >= 0.6 is 24.0 Å². The lowest BCUT2D eigenvalue weighted by Gasteiger charge is -2.12. The maximum atomic E-state index is 12.9. The van der Waals surface area contributed by atoms with Crippen LogP contribution in [0, 0.1) is 5.82 Å². The molecule has 2 rings (SSSR count). The maximum Gasteiger partial charge on any atom is 0.191 e. The molecule has 5 nitrogen and oxygen atoms in total. The Hall–Kier alpha value is -2.03. The molecule has 0 fully saturated rings. The second-order valence-corrected chi connectivity index (χ2v) is 5.27. The highest BCUT2D eigenvalue weighted by Crippen LogP contribution is 2.16. The Balaban J connectivity index is 0.00000338. The monoisotopic (exact) mass is 473 g/mol. The van der Waals surface area contributed by atoms with Crippen molar-refractivity contribution in [3.8, 4) is 11.5 Å². The number of hydrogen-bond donors (Lipinski definition) is 2. The average molecular weight is 473 g/mol. The Labute approximate surface area is 171 Å². The summed E-state index contributed by atoms with van der Waals surface area (Å²) in [6.07, 6.45) is 0. The standard InChI is InChI=1S/C19H24FN3O2.HI/c1-3-21-19(23-14-15-4-6-16(20)7-5-15)22-12-13-25-18-10-8-17(24-2)9-11-18;/h4-11H,3,12-14H2,1-2H3,(H2,21,22,23);1H. The van der Waals surface area contributed by atoms with E-state index in [4.69, 9.17) is 9.47 Å². The molecular weight excluding hydrogens is 448 g/mol. The molecule has 2 aromatic carbocycles. The van der Waals surface area contributed by atoms with Gasteiger partial charge in [-0.05, 0) is 48.9 Å². The van der Waals surface area contributed by atoms with Crippen molar-refractivity contribution in [2.24, 2.45) is 4.99 Å². The van der Waals surface area contributed by atoms with E-state index in [1.165, 1.54) is 12.1 Å². The van der Waals surface area contributed by atoms with Gasteiger partial charge in [-0.25, -0.2) is 9.38 Å². The van der Waals surface area contributed by atoms with Gasteiger partial charge in [-0.3, -0.25) is 0 Å². The number of methoxy groups -OCH3 is 1. The topological polar surface area (TPSA) is 54.9 Å². The first kappa shape index (κ1) is 22.0. The van der Waals surface area contributed by atoms with E-state index >= 15 is 0 Å². The van der Waals surface area contributed by atoms with Crippen molar-refractivity contribution < 1.29 is 13.9 Å². The molecule has 0 bridgehead atoms. The number of rotatable bonds is 8. The molecule has 2 aromatic rings. The first-order valence-electron chi connectivity index (χ1n) is 8.24. The Bertz CT molecular complexity index is 663. The van der Waals surface area contributed by atoms with Gasteiger partial charge >= 0.3 is 0 Å². The molecule has 0 atom stereocenters. The zero-order valence-electron chi connectivity index (χ0n) is 15.0. The second-order valence-electron chi connectivity index (χ2n) is 5.27. The van der Waals surface area contributed by atoms with Crippen molar-refractivity contribution in [1.82, 2.24) is 10.6 Å². The van der Waals surface area contributed by atoms with E-state index in [2.05, 4.69) is 15.6 Å². The number of hydrogen-bond acceptors (Lipinski definition) is 3. The fourth-order valence-corrected chi connectivity index (χ4v) is 2.11. The number of nitrogens with zero attached hydrogens (tertiary/aromatic N) is 1. The molecule has 0 aliphatic rings. The molecule has 0 aliphatic carbocycles. The third-order valence-corrected chi connectivity index (χ3v) is 3.40. The number of halogens is 2. The smallest absolute Gasteiger partial charge is 0.191 e. The van der Waals surface area contributed by atoms with E-state index in [0.717, 1.165) is 23.6 Å². The lowest BCUT2D eigenvalue weighted by atomic mass is 10.2. The van der Waals surface area contributed by atoms with Gasteiger partial charge in [0.05, 0.1) is 20.2 Å². The van der Waals surface area contributed by atoms with Gasteiger partial charge in [0.1, 0.15) is 23.9 Å². The summed E-state index contributed by atoms with van der Waals surface area (Å²) in [4.78, 5) is 4.48. The number of nitrogens with one attached hydrogen (secondary N) is 2. The van der Waals surface area contributed by atoms with Crippen LogP contribution in [-0.2, 0) is 6.54 Å². The van der Waals surface area contributed by atoms with E-state index in [-0.39, 0.29) is 29.8 Å². The van der Waals surface area contributed by atoms with E-state index in [0.29, 0.717) is 25.7 Å².